The summed E-state index contributed by atoms with van der Waals surface area (Å²) in [5.41, 5.74) is -0.390. The van der Waals surface area contributed by atoms with E-state index in [0.29, 0.717) is 25.7 Å². The van der Waals surface area contributed by atoms with E-state index in [2.05, 4.69) is 5.32 Å². The smallest absolute Gasteiger partial charge is 0.310 e. The van der Waals surface area contributed by atoms with Gasteiger partial charge >= 0.3 is 11.9 Å². The molecule has 7 atom stereocenters. The number of ketones is 1. The van der Waals surface area contributed by atoms with Crippen LogP contribution in [0.2, 0.25) is 0 Å². The fourth-order valence-electron chi connectivity index (χ4n) is 6.75. The molecule has 2 saturated carbocycles. The number of carbonyl (C=O) groups is 3. The first-order valence-corrected chi connectivity index (χ1v) is 11.2. The summed E-state index contributed by atoms with van der Waals surface area (Å²) < 4.78 is 16.2. The van der Waals surface area contributed by atoms with Crippen molar-refractivity contribution >= 4 is 17.7 Å². The van der Waals surface area contributed by atoms with Gasteiger partial charge in [-0.05, 0) is 42.6 Å². The second-order valence-corrected chi connectivity index (χ2v) is 10.3. The van der Waals surface area contributed by atoms with Crippen molar-refractivity contribution in [3.8, 4) is 0 Å². The van der Waals surface area contributed by atoms with E-state index < -0.39 is 34.8 Å². The molecule has 0 aromatic carbocycles. The average molecular weight is 432 g/mol. The number of hydrogen-bond donors (Lipinski definition) is 1. The van der Waals surface area contributed by atoms with Crippen molar-refractivity contribution < 1.29 is 28.3 Å². The number of methoxy groups -OCH3 is 1. The lowest BCUT2D eigenvalue weighted by molar-refractivity contribution is -0.203. The Bertz CT molecular complexity index is 863. The van der Waals surface area contributed by atoms with Crippen LogP contribution in [0.5, 0.6) is 0 Å². The summed E-state index contributed by atoms with van der Waals surface area (Å²) in [5.74, 6) is -1.65. The molecule has 2 aliphatic carbocycles. The van der Waals surface area contributed by atoms with Crippen LogP contribution in [0.3, 0.4) is 0 Å². The highest BCUT2D eigenvalue weighted by Gasteiger charge is 2.67. The standard InChI is InChI=1S/C24H33NO6/c1-13(2)25-17-10-16(21(27)29-5)23(3)8-6-15-22(28)31-18(14-7-9-30-12-14)11-24(15,4)20(23)19(17)26/h7,9,12-13,15-18,20,25H,6,8,10-11H2,1-5H3/t15-,16-,17+,18-,20?,23-,24-/m0/s1. The molecule has 0 bridgehead atoms. The van der Waals surface area contributed by atoms with Crippen LogP contribution in [-0.2, 0) is 23.9 Å². The van der Waals surface area contributed by atoms with Gasteiger partial charge in [0.05, 0.1) is 37.5 Å². The normalized spacial score (nSPS) is 40.1. The summed E-state index contributed by atoms with van der Waals surface area (Å²) in [4.78, 5) is 39.9. The number of fused-ring (bicyclic) bond motifs is 3. The maximum absolute atomic E-state index is 13.9. The first-order valence-electron chi connectivity index (χ1n) is 11.2. The van der Waals surface area contributed by atoms with Crippen molar-refractivity contribution in [1.29, 1.82) is 0 Å². The molecular weight excluding hydrogens is 398 g/mol. The van der Waals surface area contributed by atoms with Gasteiger partial charge in [0.1, 0.15) is 6.10 Å². The minimum Gasteiger partial charge on any atom is -0.472 e. The molecule has 4 rings (SSSR count). The first kappa shape index (κ1) is 22.1. The number of esters is 2. The van der Waals surface area contributed by atoms with Gasteiger partial charge < -0.3 is 19.2 Å². The Morgan fingerprint density at radius 1 is 1.26 bits per heavy atom. The summed E-state index contributed by atoms with van der Waals surface area (Å²) >= 11 is 0. The maximum Gasteiger partial charge on any atom is 0.310 e. The summed E-state index contributed by atoms with van der Waals surface area (Å²) in [5, 5.41) is 3.36. The fraction of sp³-hybridized carbons (Fsp3) is 0.708. The maximum atomic E-state index is 13.9. The lowest BCUT2D eigenvalue weighted by Crippen LogP contribution is -2.66. The number of rotatable bonds is 4. The molecule has 7 heteroatoms. The zero-order chi connectivity index (χ0) is 22.6. The molecule has 7 nitrogen and oxygen atoms in total. The summed E-state index contributed by atoms with van der Waals surface area (Å²) in [6.45, 7) is 8.06. The van der Waals surface area contributed by atoms with E-state index in [1.54, 1.807) is 18.6 Å². The lowest BCUT2D eigenvalue weighted by Gasteiger charge is -2.61. The van der Waals surface area contributed by atoms with Gasteiger partial charge in [-0.1, -0.05) is 27.7 Å². The van der Waals surface area contributed by atoms with Gasteiger partial charge in [-0.25, -0.2) is 0 Å². The molecular formula is C24H33NO6. The van der Waals surface area contributed by atoms with Crippen LogP contribution in [0.25, 0.3) is 0 Å². The molecule has 0 radical (unpaired) electrons. The van der Waals surface area contributed by atoms with Gasteiger partial charge in [-0.3, -0.25) is 14.4 Å². The largest absolute Gasteiger partial charge is 0.472 e. The Kier molecular flexibility index (Phi) is 5.53. The van der Waals surface area contributed by atoms with Crippen LogP contribution in [0, 0.1) is 28.6 Å². The minimum atomic E-state index is -0.620. The van der Waals surface area contributed by atoms with E-state index in [9.17, 15) is 14.4 Å². The second-order valence-electron chi connectivity index (χ2n) is 10.3. The Morgan fingerprint density at radius 3 is 2.61 bits per heavy atom. The molecule has 0 amide bonds. The summed E-state index contributed by atoms with van der Waals surface area (Å²) in [7, 11) is 1.41. The zero-order valence-electron chi connectivity index (χ0n) is 19.0. The van der Waals surface area contributed by atoms with E-state index in [1.165, 1.54) is 7.11 Å². The summed E-state index contributed by atoms with van der Waals surface area (Å²) in [6, 6.07) is 1.45. The van der Waals surface area contributed by atoms with E-state index in [1.807, 2.05) is 27.7 Å². The predicted octanol–water partition coefficient (Wildman–Crippen LogP) is 3.44. The Labute approximate surface area is 183 Å². The monoisotopic (exact) mass is 431 g/mol. The molecule has 2 heterocycles. The number of furan rings is 1. The number of nitrogens with one attached hydrogen (secondary N) is 1. The zero-order valence-corrected chi connectivity index (χ0v) is 19.0. The third-order valence-electron chi connectivity index (χ3n) is 8.09. The van der Waals surface area contributed by atoms with Gasteiger partial charge in [-0.15, -0.1) is 0 Å². The van der Waals surface area contributed by atoms with Crippen LogP contribution in [-0.4, -0.2) is 36.9 Å². The number of ether oxygens (including phenoxy) is 2. The lowest BCUT2D eigenvalue weighted by atomic mass is 9.43. The van der Waals surface area contributed by atoms with Crippen molar-refractivity contribution in [2.24, 2.45) is 28.6 Å². The summed E-state index contributed by atoms with van der Waals surface area (Å²) in [6.07, 6.45) is 4.85. The van der Waals surface area contributed by atoms with E-state index in [0.717, 1.165) is 5.56 Å². The molecule has 1 N–H and O–H groups in total. The van der Waals surface area contributed by atoms with E-state index in [4.69, 9.17) is 13.9 Å². The molecule has 1 saturated heterocycles. The van der Waals surface area contributed by atoms with Crippen LogP contribution >= 0.6 is 0 Å². The molecule has 1 unspecified atom stereocenters. The SMILES string of the molecule is COC(=O)[C@@H]1C[C@@H](NC(C)C)C(=O)C2[C@@]1(C)CC[C@H]1C(=O)O[C@H](c3ccoc3)C[C@]21C. The van der Waals surface area contributed by atoms with Gasteiger partial charge in [0, 0.05) is 17.5 Å². The van der Waals surface area contributed by atoms with Gasteiger partial charge in [0.25, 0.3) is 0 Å². The van der Waals surface area contributed by atoms with Crippen molar-refractivity contribution in [1.82, 2.24) is 5.32 Å². The van der Waals surface area contributed by atoms with Crippen molar-refractivity contribution in [2.75, 3.05) is 7.11 Å². The van der Waals surface area contributed by atoms with E-state index >= 15 is 0 Å². The number of hydrogen-bond acceptors (Lipinski definition) is 7. The molecule has 1 aromatic heterocycles. The average Bonchev–Trinajstić information content (AvgIpc) is 3.23. The molecule has 1 aromatic rings. The van der Waals surface area contributed by atoms with Gasteiger partial charge in [0.2, 0.25) is 0 Å². The fourth-order valence-corrected chi connectivity index (χ4v) is 6.75. The van der Waals surface area contributed by atoms with Crippen LogP contribution in [0.1, 0.15) is 65.0 Å². The highest BCUT2D eigenvalue weighted by Crippen LogP contribution is 2.64. The Morgan fingerprint density at radius 2 is 2.00 bits per heavy atom. The quantitative estimate of drug-likeness (QED) is 0.730. The molecule has 3 aliphatic rings. The van der Waals surface area contributed by atoms with Crippen molar-refractivity contribution in [2.45, 2.75) is 71.6 Å². The molecule has 3 fully saturated rings. The van der Waals surface area contributed by atoms with Crippen LogP contribution in [0.15, 0.2) is 23.0 Å². The third-order valence-corrected chi connectivity index (χ3v) is 8.09. The molecule has 170 valence electrons. The highest BCUT2D eigenvalue weighted by atomic mass is 16.5. The molecule has 31 heavy (non-hydrogen) atoms. The van der Waals surface area contributed by atoms with Crippen molar-refractivity contribution in [3.63, 3.8) is 0 Å². The molecule has 0 spiro atoms. The van der Waals surface area contributed by atoms with Crippen molar-refractivity contribution in [3.05, 3.63) is 24.2 Å². The molecule has 1 aliphatic heterocycles. The van der Waals surface area contributed by atoms with Gasteiger partial charge in [0.15, 0.2) is 5.78 Å². The highest BCUT2D eigenvalue weighted by molar-refractivity contribution is 5.92. The first-order chi connectivity index (χ1) is 14.6. The topological polar surface area (TPSA) is 94.8 Å². The Hall–Kier alpha value is -2.15. The van der Waals surface area contributed by atoms with E-state index in [-0.39, 0.29) is 29.7 Å². The van der Waals surface area contributed by atoms with Gasteiger partial charge in [-0.2, -0.15) is 0 Å². The Balaban J connectivity index is 1.79. The van der Waals surface area contributed by atoms with Crippen LogP contribution in [0.4, 0.5) is 0 Å². The number of carbonyl (C=O) groups excluding carboxylic acids is 3. The third kappa shape index (κ3) is 3.41. The predicted molar refractivity (Wildman–Crippen MR) is 112 cm³/mol. The minimum absolute atomic E-state index is 0.0961. The second kappa shape index (κ2) is 7.76. The number of Topliss-reactive ketones (excluding diaryl/α,β-unsaturated/α-hetero) is 1. The number of cyclic esters (lactones) is 1. The van der Waals surface area contributed by atoms with Crippen LogP contribution < -0.4 is 5.32 Å².